The maximum Gasteiger partial charge on any atom is 0.345 e. The average molecular weight is 498 g/mol. The number of amides is 1. The summed E-state index contributed by atoms with van der Waals surface area (Å²) in [4.78, 5) is 16.4. The van der Waals surface area contributed by atoms with Crippen molar-refractivity contribution in [3.05, 3.63) is 46.3 Å². The first-order valence-corrected chi connectivity index (χ1v) is 11.1. The van der Waals surface area contributed by atoms with E-state index in [1.54, 1.807) is 6.07 Å². The number of benzene rings is 1. The van der Waals surface area contributed by atoms with E-state index in [0.717, 1.165) is 4.47 Å². The van der Waals surface area contributed by atoms with E-state index in [-0.39, 0.29) is 34.6 Å². The van der Waals surface area contributed by atoms with Crippen LogP contribution in [-0.4, -0.2) is 38.2 Å². The second-order valence-electron chi connectivity index (χ2n) is 6.76. The zero-order chi connectivity index (χ0) is 22.1. The number of halogens is 1. The van der Waals surface area contributed by atoms with E-state index in [2.05, 4.69) is 40.7 Å². The molecule has 0 spiro atoms. The Bertz CT molecular complexity index is 1140. The standard InChI is InChI=1S/C18H20BrN5O5S/c1-9(2)14(13-7-10(19)8-29-13)22-17-16(23-30(27,28)24-17)21-12-6-4-5-11(15(12)25)18(26)20-3/h4-9,14,25H,1-3H3,(H,20,26)(H,21,23)(H,22,24)/t14-/m1/s1. The summed E-state index contributed by atoms with van der Waals surface area (Å²) in [5.41, 5.74) is 0.124. The number of phenols is 1. The summed E-state index contributed by atoms with van der Waals surface area (Å²) in [5.74, 6) is -0.473. The van der Waals surface area contributed by atoms with Gasteiger partial charge in [-0.25, -0.2) is 4.72 Å². The van der Waals surface area contributed by atoms with Crippen LogP contribution < -0.4 is 15.4 Å². The van der Waals surface area contributed by atoms with Gasteiger partial charge in [0, 0.05) is 7.05 Å². The van der Waals surface area contributed by atoms with Crippen molar-refractivity contribution in [2.24, 2.45) is 15.3 Å². The monoisotopic (exact) mass is 497 g/mol. The van der Waals surface area contributed by atoms with Crippen LogP contribution in [0.15, 0.2) is 48.8 Å². The van der Waals surface area contributed by atoms with Crippen LogP contribution >= 0.6 is 15.9 Å². The Hall–Kier alpha value is -2.86. The number of para-hydroxylation sites is 1. The molecule has 4 N–H and O–H groups in total. The smallest absolute Gasteiger partial charge is 0.345 e. The number of carbonyl (C=O) groups excluding carboxylic acids is 1. The Morgan fingerprint density at radius 3 is 2.70 bits per heavy atom. The lowest BCUT2D eigenvalue weighted by Gasteiger charge is -2.16. The highest BCUT2D eigenvalue weighted by Gasteiger charge is 2.30. The highest BCUT2D eigenvalue weighted by molar-refractivity contribution is 9.10. The molecule has 2 aromatic rings. The number of rotatable bonds is 5. The quantitative estimate of drug-likeness (QED) is 0.467. The van der Waals surface area contributed by atoms with Gasteiger partial charge < -0.3 is 20.2 Å². The largest absolute Gasteiger partial charge is 0.505 e. The second-order valence-corrected chi connectivity index (χ2v) is 9.01. The van der Waals surface area contributed by atoms with E-state index in [0.29, 0.717) is 5.76 Å². The van der Waals surface area contributed by atoms with Crippen molar-refractivity contribution in [1.82, 2.24) is 10.0 Å². The fraction of sp³-hybridized carbons (Fsp3) is 0.278. The summed E-state index contributed by atoms with van der Waals surface area (Å²) in [5, 5.41) is 15.6. The number of aromatic hydroxyl groups is 1. The molecule has 1 aliphatic rings. The van der Waals surface area contributed by atoms with Gasteiger partial charge in [0.25, 0.3) is 5.91 Å². The van der Waals surface area contributed by atoms with E-state index >= 15 is 0 Å². The number of aliphatic imine (C=N–C) groups is 1. The minimum atomic E-state index is -4.01. The lowest BCUT2D eigenvalue weighted by Crippen LogP contribution is -2.31. The molecule has 1 aromatic carbocycles. The molecule has 1 amide bonds. The Kier molecular flexibility index (Phi) is 6.17. The molecule has 2 heterocycles. The number of amidine groups is 2. The lowest BCUT2D eigenvalue weighted by atomic mass is 10.0. The molecular weight excluding hydrogens is 478 g/mol. The Labute approximate surface area is 181 Å². The van der Waals surface area contributed by atoms with Gasteiger partial charge in [-0.15, -0.1) is 4.40 Å². The molecular formula is C18H20BrN5O5S. The van der Waals surface area contributed by atoms with E-state index in [9.17, 15) is 18.3 Å². The molecule has 0 bridgehead atoms. The molecule has 3 rings (SSSR count). The lowest BCUT2D eigenvalue weighted by molar-refractivity contribution is 0.0960. The van der Waals surface area contributed by atoms with E-state index in [1.807, 2.05) is 13.8 Å². The number of nitrogens with one attached hydrogen (secondary N) is 3. The third-order valence-electron chi connectivity index (χ3n) is 4.20. The fourth-order valence-corrected chi connectivity index (χ4v) is 3.91. The van der Waals surface area contributed by atoms with E-state index in [4.69, 9.17) is 4.42 Å². The van der Waals surface area contributed by atoms with Crippen LogP contribution in [0.3, 0.4) is 0 Å². The van der Waals surface area contributed by atoms with Gasteiger partial charge >= 0.3 is 10.2 Å². The average Bonchev–Trinajstić information content (AvgIpc) is 3.22. The Balaban J connectivity index is 1.99. The van der Waals surface area contributed by atoms with Crippen LogP contribution in [0.5, 0.6) is 5.75 Å². The minimum absolute atomic E-state index is 0.0214. The highest BCUT2D eigenvalue weighted by Crippen LogP contribution is 2.31. The normalized spacial score (nSPS) is 17.5. The molecule has 1 atom stereocenters. The molecule has 0 saturated carbocycles. The number of hydrogen-bond acceptors (Lipinski definition) is 7. The van der Waals surface area contributed by atoms with Crippen molar-refractivity contribution in [2.45, 2.75) is 19.9 Å². The van der Waals surface area contributed by atoms with Gasteiger partial charge in [0.15, 0.2) is 17.4 Å². The van der Waals surface area contributed by atoms with Gasteiger partial charge in [-0.2, -0.15) is 8.42 Å². The maximum atomic E-state index is 12.1. The third-order valence-corrected chi connectivity index (χ3v) is 5.49. The SMILES string of the molecule is CNC(=O)c1cccc(NC2=NS(=O)(=O)NC2=N[C@@H](c2cc(Br)co2)C(C)C)c1O. The molecule has 10 nitrogen and oxygen atoms in total. The third kappa shape index (κ3) is 4.65. The molecule has 1 aromatic heterocycles. The molecule has 0 radical (unpaired) electrons. The summed E-state index contributed by atoms with van der Waals surface area (Å²) >= 11 is 3.32. The number of anilines is 1. The zero-order valence-corrected chi connectivity index (χ0v) is 18.7. The van der Waals surface area contributed by atoms with Crippen molar-refractivity contribution >= 4 is 49.4 Å². The molecule has 30 heavy (non-hydrogen) atoms. The van der Waals surface area contributed by atoms with Crippen molar-refractivity contribution in [1.29, 1.82) is 0 Å². The number of furan rings is 1. The molecule has 0 saturated heterocycles. The predicted octanol–water partition coefficient (Wildman–Crippen LogP) is 2.56. The molecule has 1 aliphatic heterocycles. The van der Waals surface area contributed by atoms with Crippen molar-refractivity contribution < 1.29 is 22.7 Å². The number of phenolic OH excluding ortho intramolecular Hbond substituents is 1. The van der Waals surface area contributed by atoms with Gasteiger partial charge in [0.05, 0.1) is 15.7 Å². The van der Waals surface area contributed by atoms with Crippen molar-refractivity contribution in [2.75, 3.05) is 12.4 Å². The van der Waals surface area contributed by atoms with Gasteiger partial charge in [-0.05, 0) is 40.0 Å². The Morgan fingerprint density at radius 1 is 1.37 bits per heavy atom. The first-order valence-electron chi connectivity index (χ1n) is 8.87. The summed E-state index contributed by atoms with van der Waals surface area (Å²) in [6.07, 6.45) is 1.51. The molecule has 0 aliphatic carbocycles. The van der Waals surface area contributed by atoms with Gasteiger partial charge in [-0.1, -0.05) is 19.9 Å². The van der Waals surface area contributed by atoms with Crippen molar-refractivity contribution in [3.63, 3.8) is 0 Å². The summed E-state index contributed by atoms with van der Waals surface area (Å²) in [6.45, 7) is 3.83. The second kappa shape index (κ2) is 8.48. The number of carbonyl (C=O) groups is 1. The van der Waals surface area contributed by atoms with Crippen LogP contribution in [0.2, 0.25) is 0 Å². The molecule has 12 heteroatoms. The van der Waals surface area contributed by atoms with Crippen LogP contribution in [0, 0.1) is 5.92 Å². The highest BCUT2D eigenvalue weighted by atomic mass is 79.9. The van der Waals surface area contributed by atoms with Gasteiger partial charge in [0.2, 0.25) is 0 Å². The fourth-order valence-electron chi connectivity index (χ4n) is 2.78. The molecule has 0 unspecified atom stereocenters. The van der Waals surface area contributed by atoms with Crippen molar-refractivity contribution in [3.8, 4) is 5.75 Å². The van der Waals surface area contributed by atoms with E-state index < -0.39 is 22.2 Å². The Morgan fingerprint density at radius 2 is 2.10 bits per heavy atom. The maximum absolute atomic E-state index is 12.1. The first kappa shape index (κ1) is 21.8. The molecule has 0 fully saturated rings. The summed E-state index contributed by atoms with van der Waals surface area (Å²) in [7, 11) is -2.58. The summed E-state index contributed by atoms with van der Waals surface area (Å²) in [6, 6.07) is 5.71. The van der Waals surface area contributed by atoms with Crippen LogP contribution in [0.25, 0.3) is 0 Å². The van der Waals surface area contributed by atoms with Crippen LogP contribution in [-0.2, 0) is 10.2 Å². The minimum Gasteiger partial charge on any atom is -0.505 e. The molecule has 160 valence electrons. The predicted molar refractivity (Wildman–Crippen MR) is 116 cm³/mol. The van der Waals surface area contributed by atoms with Crippen LogP contribution in [0.4, 0.5) is 5.69 Å². The number of nitrogens with zero attached hydrogens (tertiary/aromatic N) is 2. The summed E-state index contributed by atoms with van der Waals surface area (Å²) < 4.78 is 36.3. The van der Waals surface area contributed by atoms with Crippen LogP contribution in [0.1, 0.15) is 36.0 Å². The topological polar surface area (TPSA) is 145 Å². The first-order chi connectivity index (χ1) is 14.1. The zero-order valence-electron chi connectivity index (χ0n) is 16.3. The van der Waals surface area contributed by atoms with E-state index in [1.165, 1.54) is 31.5 Å². The van der Waals surface area contributed by atoms with Gasteiger partial charge in [-0.3, -0.25) is 9.79 Å². The van der Waals surface area contributed by atoms with Gasteiger partial charge in [0.1, 0.15) is 18.1 Å². The number of hydrogen-bond donors (Lipinski definition) is 4.